The third-order valence-electron chi connectivity index (χ3n) is 8.06. The van der Waals surface area contributed by atoms with Crippen LogP contribution in [0.2, 0.25) is 0 Å². The first-order valence-corrected chi connectivity index (χ1v) is 19.3. The molecule has 0 saturated carbocycles. The van der Waals surface area contributed by atoms with Crippen molar-refractivity contribution in [3.8, 4) is 0 Å². The zero-order chi connectivity index (χ0) is 32.6. The predicted molar refractivity (Wildman–Crippen MR) is 192 cm³/mol. The van der Waals surface area contributed by atoms with Crippen LogP contribution in [0.5, 0.6) is 0 Å². The number of carbonyl (C=O) groups excluding carboxylic acids is 1. The quantitative estimate of drug-likeness (QED) is 0.0450. The highest BCUT2D eigenvalue weighted by molar-refractivity contribution is 5.69. The van der Waals surface area contributed by atoms with Crippen molar-refractivity contribution in [1.29, 1.82) is 0 Å². The number of hydrogen-bond donors (Lipinski definition) is 1. The Bertz CT molecular complexity index is 625. The number of unbranched alkanes of at least 4 members (excludes halogenated alkanes) is 23. The molecular weight excluding hydrogens is 544 g/mol. The second kappa shape index (κ2) is 41.4. The molecule has 0 fully saturated rings. The van der Waals surface area contributed by atoms with Crippen molar-refractivity contribution in [2.24, 2.45) is 0 Å². The van der Waals surface area contributed by atoms with Gasteiger partial charge in [-0.1, -0.05) is 154 Å². The van der Waals surface area contributed by atoms with Crippen LogP contribution in [0.3, 0.4) is 0 Å². The number of esters is 1. The lowest BCUT2D eigenvalue weighted by atomic mass is 10.1. The van der Waals surface area contributed by atoms with Gasteiger partial charge < -0.3 is 9.84 Å². The molecule has 0 aliphatic rings. The molecule has 1 N–H and O–H groups in total. The number of hydrogen-bond acceptors (Lipinski definition) is 3. The van der Waals surface area contributed by atoms with Crippen LogP contribution in [0.1, 0.15) is 213 Å². The van der Waals surface area contributed by atoms with E-state index in [1.54, 1.807) is 0 Å². The Labute approximate surface area is 275 Å². The van der Waals surface area contributed by atoms with Gasteiger partial charge in [0.15, 0.2) is 0 Å². The molecule has 0 aliphatic heterocycles. The van der Waals surface area contributed by atoms with Gasteiger partial charge in [-0.2, -0.15) is 0 Å². The Kier molecular flexibility index (Phi) is 41.9. The summed E-state index contributed by atoms with van der Waals surface area (Å²) >= 11 is 0. The van der Waals surface area contributed by atoms with Crippen LogP contribution in [0.4, 0.5) is 0 Å². The second-order valence-corrected chi connectivity index (χ2v) is 12.6. The van der Waals surface area contributed by atoms with Crippen molar-refractivity contribution < 1.29 is 19.4 Å². The van der Waals surface area contributed by atoms with Crippen molar-refractivity contribution in [2.45, 2.75) is 213 Å². The maximum absolute atomic E-state index is 11.4. The molecule has 260 valence electrons. The highest BCUT2D eigenvalue weighted by Gasteiger charge is 2.01. The number of ether oxygens (including phenoxy) is 1. The average Bonchev–Trinajstić information content (AvgIpc) is 3.01. The summed E-state index contributed by atoms with van der Waals surface area (Å²) in [5.41, 5.74) is 0. The van der Waals surface area contributed by atoms with Crippen LogP contribution >= 0.6 is 0 Å². The smallest absolute Gasteiger partial charge is 0.305 e. The van der Waals surface area contributed by atoms with E-state index in [0.717, 1.165) is 38.5 Å². The van der Waals surface area contributed by atoms with Gasteiger partial charge in [0.25, 0.3) is 0 Å². The Morgan fingerprint density at radius 1 is 0.432 bits per heavy atom. The molecule has 4 heteroatoms. The molecule has 0 aromatic rings. The Hall–Kier alpha value is -1.58. The zero-order valence-electron chi connectivity index (χ0n) is 29.9. The highest BCUT2D eigenvalue weighted by Crippen LogP contribution is 2.11. The molecule has 0 rings (SSSR count). The van der Waals surface area contributed by atoms with Crippen LogP contribution in [0.25, 0.3) is 0 Å². The SMILES string of the molecule is CCCCCCCC/C=C\CCCCCCCC(=O)OCCCC.CCCCCCCCC=CCCCCCCCC(=O)O. The van der Waals surface area contributed by atoms with E-state index in [-0.39, 0.29) is 5.97 Å². The monoisotopic (exact) mass is 621 g/mol. The first kappa shape index (κ1) is 44.5. The maximum atomic E-state index is 11.4. The van der Waals surface area contributed by atoms with E-state index in [2.05, 4.69) is 45.1 Å². The zero-order valence-corrected chi connectivity index (χ0v) is 29.9. The van der Waals surface area contributed by atoms with Crippen LogP contribution in [0.15, 0.2) is 24.3 Å². The third-order valence-corrected chi connectivity index (χ3v) is 8.06. The number of rotatable bonds is 33. The first-order valence-electron chi connectivity index (χ1n) is 19.3. The first-order chi connectivity index (χ1) is 21.6. The Morgan fingerprint density at radius 3 is 1.11 bits per heavy atom. The number of carboxylic acids is 1. The molecule has 0 heterocycles. The fourth-order valence-corrected chi connectivity index (χ4v) is 5.09. The fraction of sp³-hybridized carbons (Fsp3) is 0.850. The van der Waals surface area contributed by atoms with E-state index < -0.39 is 5.97 Å². The molecule has 0 aromatic heterocycles. The summed E-state index contributed by atoms with van der Waals surface area (Å²) in [6.45, 7) is 7.23. The Morgan fingerprint density at radius 2 is 0.750 bits per heavy atom. The summed E-state index contributed by atoms with van der Waals surface area (Å²) in [5, 5.41) is 8.51. The van der Waals surface area contributed by atoms with Crippen molar-refractivity contribution in [3.63, 3.8) is 0 Å². The summed E-state index contributed by atoms with van der Waals surface area (Å²) in [5.74, 6) is -0.677. The molecule has 0 bridgehead atoms. The van der Waals surface area contributed by atoms with Gasteiger partial charge in [-0.25, -0.2) is 0 Å². The van der Waals surface area contributed by atoms with Gasteiger partial charge >= 0.3 is 11.9 Å². The van der Waals surface area contributed by atoms with E-state index in [4.69, 9.17) is 9.84 Å². The van der Waals surface area contributed by atoms with Crippen LogP contribution < -0.4 is 0 Å². The Balaban J connectivity index is 0. The highest BCUT2D eigenvalue weighted by atomic mass is 16.5. The van der Waals surface area contributed by atoms with Gasteiger partial charge in [0.2, 0.25) is 0 Å². The van der Waals surface area contributed by atoms with Crippen molar-refractivity contribution in [2.75, 3.05) is 6.61 Å². The molecule has 0 unspecified atom stereocenters. The number of allylic oxidation sites excluding steroid dienone is 4. The summed E-state index contributed by atoms with van der Waals surface area (Å²) in [6.07, 6.45) is 45.4. The molecular formula is C40H76O4. The lowest BCUT2D eigenvalue weighted by Gasteiger charge is -2.03. The van der Waals surface area contributed by atoms with Crippen LogP contribution in [0, 0.1) is 0 Å². The minimum Gasteiger partial charge on any atom is -0.481 e. The van der Waals surface area contributed by atoms with E-state index >= 15 is 0 Å². The topological polar surface area (TPSA) is 63.6 Å². The van der Waals surface area contributed by atoms with Crippen molar-refractivity contribution >= 4 is 11.9 Å². The molecule has 0 saturated heterocycles. The molecule has 44 heavy (non-hydrogen) atoms. The van der Waals surface area contributed by atoms with Gasteiger partial charge in [-0.05, 0) is 70.6 Å². The molecule has 0 spiro atoms. The van der Waals surface area contributed by atoms with E-state index in [0.29, 0.717) is 19.4 Å². The summed E-state index contributed by atoms with van der Waals surface area (Å²) in [4.78, 5) is 21.7. The third kappa shape index (κ3) is 44.9. The summed E-state index contributed by atoms with van der Waals surface area (Å²) < 4.78 is 5.15. The molecule has 0 atom stereocenters. The number of aliphatic carboxylic acids is 1. The lowest BCUT2D eigenvalue weighted by Crippen LogP contribution is -2.05. The fourth-order valence-electron chi connectivity index (χ4n) is 5.09. The normalized spacial score (nSPS) is 11.2. The van der Waals surface area contributed by atoms with Crippen molar-refractivity contribution in [1.82, 2.24) is 0 Å². The summed E-state index contributed by atoms with van der Waals surface area (Å²) in [7, 11) is 0. The molecule has 0 amide bonds. The maximum Gasteiger partial charge on any atom is 0.305 e. The second-order valence-electron chi connectivity index (χ2n) is 12.6. The molecule has 4 nitrogen and oxygen atoms in total. The van der Waals surface area contributed by atoms with Gasteiger partial charge in [0.05, 0.1) is 6.61 Å². The number of carbonyl (C=O) groups is 2. The lowest BCUT2D eigenvalue weighted by molar-refractivity contribution is -0.144. The minimum atomic E-state index is -0.664. The van der Waals surface area contributed by atoms with Gasteiger partial charge in [0.1, 0.15) is 0 Å². The average molecular weight is 621 g/mol. The van der Waals surface area contributed by atoms with E-state index in [1.165, 1.54) is 141 Å². The molecule has 0 aromatic carbocycles. The molecule has 0 aliphatic carbocycles. The van der Waals surface area contributed by atoms with Crippen LogP contribution in [-0.2, 0) is 14.3 Å². The standard InChI is InChI=1S/C22H42O2.C18H34O2/c1-3-5-7-8-9-10-11-12-13-14-15-16-17-18-19-20-22(23)24-21-6-4-2;1-2-3-4-5-6-7-8-9-10-11-12-13-14-15-16-17-18(19)20/h12-13H,3-11,14-21H2,1-2H3;9-10H,2-8,11-17H2,1H3,(H,19,20)/b13-12-;. The van der Waals surface area contributed by atoms with Crippen LogP contribution in [-0.4, -0.2) is 23.7 Å². The minimum absolute atomic E-state index is 0.0129. The van der Waals surface area contributed by atoms with E-state index in [9.17, 15) is 9.59 Å². The predicted octanol–water partition coefficient (Wildman–Crippen LogP) is 13.5. The van der Waals surface area contributed by atoms with Crippen molar-refractivity contribution in [3.05, 3.63) is 24.3 Å². The largest absolute Gasteiger partial charge is 0.481 e. The molecule has 0 radical (unpaired) electrons. The van der Waals surface area contributed by atoms with Gasteiger partial charge in [0, 0.05) is 12.8 Å². The van der Waals surface area contributed by atoms with E-state index in [1.807, 2.05) is 0 Å². The van der Waals surface area contributed by atoms with Gasteiger partial charge in [-0.3, -0.25) is 9.59 Å². The number of carboxylic acid groups (broad SMARTS) is 1. The summed E-state index contributed by atoms with van der Waals surface area (Å²) in [6, 6.07) is 0. The van der Waals surface area contributed by atoms with Gasteiger partial charge in [-0.15, -0.1) is 0 Å².